The van der Waals surface area contributed by atoms with Gasteiger partial charge in [-0.1, -0.05) is 30.3 Å². The first-order valence-electron chi connectivity index (χ1n) is 11.0. The number of hydrogen-bond donors (Lipinski definition) is 4. The summed E-state index contributed by atoms with van der Waals surface area (Å²) in [6.07, 6.45) is 7.34. The highest BCUT2D eigenvalue weighted by Crippen LogP contribution is 2.24. The van der Waals surface area contributed by atoms with Gasteiger partial charge in [0.05, 0.1) is 30.6 Å². The van der Waals surface area contributed by atoms with E-state index >= 15 is 0 Å². The summed E-state index contributed by atoms with van der Waals surface area (Å²) >= 11 is 0. The van der Waals surface area contributed by atoms with Gasteiger partial charge in [0.1, 0.15) is 5.82 Å². The number of hydrogen-bond acceptors (Lipinski definition) is 6. The Hall–Kier alpha value is -3.78. The van der Waals surface area contributed by atoms with Crippen LogP contribution in [0.15, 0.2) is 60.9 Å². The summed E-state index contributed by atoms with van der Waals surface area (Å²) in [4.78, 5) is 21.1. The third-order valence-corrected chi connectivity index (χ3v) is 5.58. The summed E-state index contributed by atoms with van der Waals surface area (Å²) in [7, 11) is 0. The first-order chi connectivity index (χ1) is 16.1. The molecule has 4 N–H and O–H groups in total. The molecule has 1 aromatic carbocycles. The molecule has 2 aromatic heterocycles. The van der Waals surface area contributed by atoms with E-state index in [1.807, 2.05) is 49.4 Å². The maximum absolute atomic E-state index is 12.6. The molecule has 1 aliphatic carbocycles. The standard InChI is InChI=1S/C25H28N6O2.2H2/c1-17-12-20(10-11-27-17)29-22-15-28-24(13-19(22)14-26)31-25(32)30-21-8-5-9-23(21)33-16-18-6-3-2-4-7-18;;/h2-4,6-7,10-15,21,23,26H,5,8-9,16H2,1H3,(H,27,29)(H2,28,30,31,32);2*1H/t21-,23-;;/m0../s1. The number of aromatic nitrogens is 2. The lowest BCUT2D eigenvalue weighted by Crippen LogP contribution is -2.43. The second-order valence-electron chi connectivity index (χ2n) is 8.08. The van der Waals surface area contributed by atoms with E-state index in [-0.39, 0.29) is 21.0 Å². The number of benzene rings is 1. The Bertz CT molecular complexity index is 1120. The van der Waals surface area contributed by atoms with Crippen molar-refractivity contribution in [1.82, 2.24) is 15.3 Å². The molecule has 1 fully saturated rings. The monoisotopic (exact) mass is 448 g/mol. The van der Waals surface area contributed by atoms with Crippen LogP contribution in [0.5, 0.6) is 0 Å². The maximum atomic E-state index is 12.6. The molecule has 0 bridgehead atoms. The number of pyridine rings is 2. The maximum Gasteiger partial charge on any atom is 0.320 e. The van der Waals surface area contributed by atoms with E-state index in [9.17, 15) is 4.79 Å². The van der Waals surface area contributed by atoms with E-state index in [4.69, 9.17) is 10.1 Å². The van der Waals surface area contributed by atoms with Crippen LogP contribution in [-0.2, 0) is 11.3 Å². The summed E-state index contributed by atoms with van der Waals surface area (Å²) < 4.78 is 6.07. The van der Waals surface area contributed by atoms with E-state index < -0.39 is 0 Å². The fourth-order valence-corrected chi connectivity index (χ4v) is 3.93. The largest absolute Gasteiger partial charge is 0.371 e. The lowest BCUT2D eigenvalue weighted by molar-refractivity contribution is 0.0305. The number of nitrogens with one attached hydrogen (secondary N) is 4. The summed E-state index contributed by atoms with van der Waals surface area (Å²) in [6.45, 7) is 2.44. The molecule has 8 nitrogen and oxygen atoms in total. The van der Waals surface area contributed by atoms with Crippen molar-refractivity contribution in [1.29, 1.82) is 5.41 Å². The molecule has 0 saturated heterocycles. The fourth-order valence-electron chi connectivity index (χ4n) is 3.93. The molecule has 1 saturated carbocycles. The zero-order valence-electron chi connectivity index (χ0n) is 18.5. The number of carbonyl (C=O) groups excluding carboxylic acids is 1. The molecule has 1 aliphatic rings. The highest BCUT2D eigenvalue weighted by Gasteiger charge is 2.29. The van der Waals surface area contributed by atoms with Crippen molar-refractivity contribution in [2.45, 2.75) is 44.9 Å². The predicted molar refractivity (Wildman–Crippen MR) is 133 cm³/mol. The average molecular weight is 449 g/mol. The molecule has 2 atom stereocenters. The molecule has 0 spiro atoms. The van der Waals surface area contributed by atoms with Crippen LogP contribution in [0.2, 0.25) is 0 Å². The molecule has 4 rings (SSSR count). The highest BCUT2D eigenvalue weighted by molar-refractivity contribution is 5.92. The van der Waals surface area contributed by atoms with Crippen LogP contribution in [0.3, 0.4) is 0 Å². The van der Waals surface area contributed by atoms with Crippen molar-refractivity contribution in [3.8, 4) is 0 Å². The van der Waals surface area contributed by atoms with Crippen molar-refractivity contribution in [2.75, 3.05) is 10.6 Å². The lowest BCUT2D eigenvalue weighted by atomic mass is 10.2. The minimum Gasteiger partial charge on any atom is -0.371 e. The lowest BCUT2D eigenvalue weighted by Gasteiger charge is -2.22. The smallest absolute Gasteiger partial charge is 0.320 e. The van der Waals surface area contributed by atoms with Crippen LogP contribution in [0.4, 0.5) is 22.0 Å². The Morgan fingerprint density at radius 1 is 1.21 bits per heavy atom. The molecule has 0 radical (unpaired) electrons. The van der Waals surface area contributed by atoms with Gasteiger partial charge in [-0.15, -0.1) is 0 Å². The third-order valence-electron chi connectivity index (χ3n) is 5.58. The Morgan fingerprint density at radius 3 is 2.85 bits per heavy atom. The van der Waals surface area contributed by atoms with Gasteiger partial charge in [0.15, 0.2) is 0 Å². The number of urea groups is 1. The van der Waals surface area contributed by atoms with E-state index in [0.717, 1.165) is 36.2 Å². The second kappa shape index (κ2) is 10.7. The number of nitrogens with zero attached hydrogens (tertiary/aromatic N) is 2. The molecular formula is C25H32N6O2. The van der Waals surface area contributed by atoms with Gasteiger partial charge >= 0.3 is 6.03 Å². The zero-order chi connectivity index (χ0) is 23.0. The molecule has 2 heterocycles. The predicted octanol–water partition coefficient (Wildman–Crippen LogP) is 5.28. The van der Waals surface area contributed by atoms with Gasteiger partial charge in [-0.3, -0.25) is 10.3 Å². The quantitative estimate of drug-likeness (QED) is 0.350. The summed E-state index contributed by atoms with van der Waals surface area (Å²) in [5.74, 6) is 0.377. The minimum absolute atomic E-state index is 0. The highest BCUT2D eigenvalue weighted by atomic mass is 16.5. The van der Waals surface area contributed by atoms with Crippen LogP contribution in [0.1, 0.15) is 38.9 Å². The van der Waals surface area contributed by atoms with Crippen molar-refractivity contribution >= 4 is 29.4 Å². The van der Waals surface area contributed by atoms with E-state index in [1.165, 1.54) is 6.21 Å². The molecule has 33 heavy (non-hydrogen) atoms. The Labute approximate surface area is 196 Å². The summed E-state index contributed by atoms with van der Waals surface area (Å²) in [5, 5.41) is 16.8. The Balaban J connectivity index is 0.00000216. The van der Waals surface area contributed by atoms with Gasteiger partial charge in [0.25, 0.3) is 0 Å². The summed E-state index contributed by atoms with van der Waals surface area (Å²) in [6, 6.07) is 15.1. The number of carbonyl (C=O) groups is 1. The van der Waals surface area contributed by atoms with Crippen LogP contribution >= 0.6 is 0 Å². The zero-order valence-corrected chi connectivity index (χ0v) is 18.5. The van der Waals surface area contributed by atoms with Crippen molar-refractivity contribution in [3.63, 3.8) is 0 Å². The number of anilines is 3. The molecule has 2 amide bonds. The molecule has 3 aromatic rings. The normalized spacial score (nSPS) is 17.4. The van der Waals surface area contributed by atoms with E-state index in [0.29, 0.717) is 23.7 Å². The van der Waals surface area contributed by atoms with Crippen molar-refractivity contribution in [2.24, 2.45) is 0 Å². The van der Waals surface area contributed by atoms with Gasteiger partial charge in [-0.05, 0) is 49.9 Å². The van der Waals surface area contributed by atoms with Crippen LogP contribution in [0, 0.1) is 12.3 Å². The topological polar surface area (TPSA) is 112 Å². The van der Waals surface area contributed by atoms with Gasteiger partial charge in [0.2, 0.25) is 0 Å². The number of aryl methyl sites for hydroxylation is 1. The van der Waals surface area contributed by atoms with Crippen LogP contribution in [-0.4, -0.2) is 34.4 Å². The second-order valence-corrected chi connectivity index (χ2v) is 8.08. The number of amides is 2. The van der Waals surface area contributed by atoms with Gasteiger partial charge < -0.3 is 20.8 Å². The van der Waals surface area contributed by atoms with E-state index in [2.05, 4.69) is 25.9 Å². The van der Waals surface area contributed by atoms with Gasteiger partial charge in [-0.25, -0.2) is 9.78 Å². The Kier molecular flexibility index (Phi) is 7.26. The molecule has 174 valence electrons. The SMILES string of the molecule is Cc1cc(Nc2cnc(NC(=O)N[C@H]3CCC[C@@H]3OCc3ccccc3)cc2C=N)ccn1.[HH].[HH]. The number of ether oxygens (including phenoxy) is 1. The van der Waals surface area contributed by atoms with Gasteiger partial charge in [0, 0.05) is 32.2 Å². The minimum atomic E-state index is -0.330. The first-order valence-corrected chi connectivity index (χ1v) is 11.0. The molecule has 0 aliphatic heterocycles. The van der Waals surface area contributed by atoms with Crippen molar-refractivity contribution < 1.29 is 12.4 Å². The average Bonchev–Trinajstić information content (AvgIpc) is 3.26. The number of rotatable bonds is 8. The van der Waals surface area contributed by atoms with E-state index in [1.54, 1.807) is 18.5 Å². The third kappa shape index (κ3) is 6.14. The molecule has 8 heteroatoms. The Morgan fingerprint density at radius 2 is 2.06 bits per heavy atom. The van der Waals surface area contributed by atoms with Crippen LogP contribution < -0.4 is 16.0 Å². The molecule has 0 unspecified atom stereocenters. The van der Waals surface area contributed by atoms with Crippen LogP contribution in [0.25, 0.3) is 0 Å². The first kappa shape index (κ1) is 22.4. The molecular weight excluding hydrogens is 416 g/mol. The van der Waals surface area contributed by atoms with Crippen molar-refractivity contribution in [3.05, 3.63) is 77.7 Å². The van der Waals surface area contributed by atoms with Gasteiger partial charge in [-0.2, -0.15) is 0 Å². The summed E-state index contributed by atoms with van der Waals surface area (Å²) in [5.41, 5.74) is 4.14. The fraction of sp³-hybridized carbons (Fsp3) is 0.280.